The Morgan fingerprint density at radius 2 is 1.84 bits per heavy atom. The highest BCUT2D eigenvalue weighted by molar-refractivity contribution is 5.34. The van der Waals surface area contributed by atoms with Crippen molar-refractivity contribution in [3.8, 4) is 5.75 Å². The Kier molecular flexibility index (Phi) is 4.17. The first-order chi connectivity index (χ1) is 9.10. The molecular formula is C16H17FO2. The van der Waals surface area contributed by atoms with Crippen LogP contribution in [0.25, 0.3) is 0 Å². The SMILES string of the molecule is Cc1ccc(COc2ccc(F)cc2CO)cc1C. The Balaban J connectivity index is 2.12. The van der Waals surface area contributed by atoms with Crippen LogP contribution >= 0.6 is 0 Å². The maximum atomic E-state index is 13.0. The minimum absolute atomic E-state index is 0.236. The first kappa shape index (κ1) is 13.6. The van der Waals surface area contributed by atoms with Crippen LogP contribution in [0.1, 0.15) is 22.3 Å². The van der Waals surface area contributed by atoms with Crippen LogP contribution in [0.3, 0.4) is 0 Å². The number of aliphatic hydroxyl groups excluding tert-OH is 1. The van der Waals surface area contributed by atoms with E-state index in [-0.39, 0.29) is 12.4 Å². The second kappa shape index (κ2) is 5.85. The molecule has 0 aliphatic rings. The summed E-state index contributed by atoms with van der Waals surface area (Å²) in [6, 6.07) is 10.3. The molecular weight excluding hydrogens is 243 g/mol. The van der Waals surface area contributed by atoms with Gasteiger partial charge in [0.15, 0.2) is 0 Å². The molecule has 19 heavy (non-hydrogen) atoms. The summed E-state index contributed by atoms with van der Waals surface area (Å²) in [5.74, 6) is 0.143. The Morgan fingerprint density at radius 1 is 1.05 bits per heavy atom. The maximum absolute atomic E-state index is 13.0. The van der Waals surface area contributed by atoms with E-state index < -0.39 is 0 Å². The standard InChI is InChI=1S/C16H17FO2/c1-11-3-4-13(7-12(11)2)10-19-16-6-5-15(17)8-14(16)9-18/h3-8,18H,9-10H2,1-2H3. The van der Waals surface area contributed by atoms with Gasteiger partial charge in [-0.3, -0.25) is 0 Å². The van der Waals surface area contributed by atoms with Crippen LogP contribution in [0.4, 0.5) is 4.39 Å². The summed E-state index contributed by atoms with van der Waals surface area (Å²) < 4.78 is 18.7. The van der Waals surface area contributed by atoms with Gasteiger partial charge in [-0.2, -0.15) is 0 Å². The number of halogens is 1. The van der Waals surface area contributed by atoms with Gasteiger partial charge in [-0.25, -0.2) is 4.39 Å². The number of hydrogen-bond acceptors (Lipinski definition) is 2. The highest BCUT2D eigenvalue weighted by Gasteiger charge is 2.05. The summed E-state index contributed by atoms with van der Waals surface area (Å²) in [6.07, 6.45) is 0. The van der Waals surface area contributed by atoms with E-state index in [1.165, 1.54) is 23.3 Å². The third-order valence-corrected chi connectivity index (χ3v) is 3.16. The molecule has 0 saturated heterocycles. The average Bonchev–Trinajstić information content (AvgIpc) is 2.41. The van der Waals surface area contributed by atoms with E-state index in [0.29, 0.717) is 17.9 Å². The summed E-state index contributed by atoms with van der Waals surface area (Å²) in [4.78, 5) is 0. The third kappa shape index (κ3) is 3.32. The van der Waals surface area contributed by atoms with Crippen LogP contribution in [0.2, 0.25) is 0 Å². The molecule has 0 heterocycles. The van der Waals surface area contributed by atoms with Crippen LogP contribution in [-0.2, 0) is 13.2 Å². The van der Waals surface area contributed by atoms with Gasteiger partial charge >= 0.3 is 0 Å². The average molecular weight is 260 g/mol. The molecule has 0 spiro atoms. The van der Waals surface area contributed by atoms with Crippen molar-refractivity contribution in [3.05, 3.63) is 64.5 Å². The Hall–Kier alpha value is -1.87. The molecule has 3 heteroatoms. The van der Waals surface area contributed by atoms with Crippen molar-refractivity contribution in [2.75, 3.05) is 0 Å². The monoisotopic (exact) mass is 260 g/mol. The molecule has 2 nitrogen and oxygen atoms in total. The number of hydrogen-bond donors (Lipinski definition) is 1. The van der Waals surface area contributed by atoms with Crippen molar-refractivity contribution >= 4 is 0 Å². The molecule has 2 aromatic carbocycles. The Morgan fingerprint density at radius 3 is 2.53 bits per heavy atom. The van der Waals surface area contributed by atoms with E-state index >= 15 is 0 Å². The minimum atomic E-state index is -0.373. The minimum Gasteiger partial charge on any atom is -0.489 e. The zero-order valence-electron chi connectivity index (χ0n) is 11.1. The van der Waals surface area contributed by atoms with Crippen molar-refractivity contribution in [1.29, 1.82) is 0 Å². The lowest BCUT2D eigenvalue weighted by Crippen LogP contribution is -2.00. The van der Waals surface area contributed by atoms with Gasteiger partial charge in [0.2, 0.25) is 0 Å². The lowest BCUT2D eigenvalue weighted by atomic mass is 10.1. The smallest absolute Gasteiger partial charge is 0.125 e. The second-order valence-corrected chi connectivity index (χ2v) is 4.62. The van der Waals surface area contributed by atoms with Gasteiger partial charge in [0.1, 0.15) is 18.2 Å². The van der Waals surface area contributed by atoms with E-state index in [9.17, 15) is 9.50 Å². The predicted molar refractivity (Wildman–Crippen MR) is 72.6 cm³/mol. The molecule has 0 amide bonds. The lowest BCUT2D eigenvalue weighted by molar-refractivity contribution is 0.258. The van der Waals surface area contributed by atoms with Gasteiger partial charge in [0.05, 0.1) is 6.61 Å². The molecule has 2 aromatic rings. The number of ether oxygens (including phenoxy) is 1. The van der Waals surface area contributed by atoms with E-state index in [4.69, 9.17) is 4.74 Å². The summed E-state index contributed by atoms with van der Waals surface area (Å²) >= 11 is 0. The van der Waals surface area contributed by atoms with E-state index in [1.54, 1.807) is 6.07 Å². The zero-order valence-corrected chi connectivity index (χ0v) is 11.1. The summed E-state index contributed by atoms with van der Waals surface area (Å²) in [6.45, 7) is 4.28. The third-order valence-electron chi connectivity index (χ3n) is 3.16. The molecule has 0 aromatic heterocycles. The van der Waals surface area contributed by atoms with Gasteiger partial charge < -0.3 is 9.84 Å². The largest absolute Gasteiger partial charge is 0.489 e. The topological polar surface area (TPSA) is 29.5 Å². The summed E-state index contributed by atoms with van der Waals surface area (Å²) in [5.41, 5.74) is 3.96. The highest BCUT2D eigenvalue weighted by Crippen LogP contribution is 2.21. The molecule has 0 unspecified atom stereocenters. The second-order valence-electron chi connectivity index (χ2n) is 4.62. The van der Waals surface area contributed by atoms with Crippen molar-refractivity contribution in [3.63, 3.8) is 0 Å². The molecule has 1 N–H and O–H groups in total. The first-order valence-electron chi connectivity index (χ1n) is 6.18. The number of aliphatic hydroxyl groups is 1. The molecule has 0 fully saturated rings. The molecule has 0 bridgehead atoms. The van der Waals surface area contributed by atoms with Crippen molar-refractivity contribution in [1.82, 2.24) is 0 Å². The van der Waals surface area contributed by atoms with Crippen molar-refractivity contribution in [2.45, 2.75) is 27.1 Å². The number of benzene rings is 2. The molecule has 0 saturated carbocycles. The van der Waals surface area contributed by atoms with Crippen LogP contribution in [0.5, 0.6) is 5.75 Å². The quantitative estimate of drug-likeness (QED) is 0.911. The normalized spacial score (nSPS) is 10.5. The fraction of sp³-hybridized carbons (Fsp3) is 0.250. The Bertz CT molecular complexity index is 579. The van der Waals surface area contributed by atoms with Crippen LogP contribution in [0, 0.1) is 19.7 Å². The highest BCUT2D eigenvalue weighted by atomic mass is 19.1. The van der Waals surface area contributed by atoms with Gasteiger partial charge in [-0.15, -0.1) is 0 Å². The summed E-state index contributed by atoms with van der Waals surface area (Å²) in [7, 11) is 0. The molecule has 0 atom stereocenters. The van der Waals surface area contributed by atoms with Gasteiger partial charge in [0, 0.05) is 5.56 Å². The fourth-order valence-corrected chi connectivity index (χ4v) is 1.87. The van der Waals surface area contributed by atoms with Crippen molar-refractivity contribution in [2.24, 2.45) is 0 Å². The van der Waals surface area contributed by atoms with Crippen LogP contribution in [-0.4, -0.2) is 5.11 Å². The van der Waals surface area contributed by atoms with Gasteiger partial charge in [-0.05, 0) is 48.7 Å². The first-order valence-corrected chi connectivity index (χ1v) is 6.18. The fourth-order valence-electron chi connectivity index (χ4n) is 1.87. The van der Waals surface area contributed by atoms with E-state index in [1.807, 2.05) is 12.1 Å². The molecule has 0 aliphatic heterocycles. The number of aryl methyl sites for hydroxylation is 2. The van der Waals surface area contributed by atoms with Crippen LogP contribution < -0.4 is 4.74 Å². The lowest BCUT2D eigenvalue weighted by Gasteiger charge is -2.11. The molecule has 100 valence electrons. The van der Waals surface area contributed by atoms with Crippen LogP contribution in [0.15, 0.2) is 36.4 Å². The van der Waals surface area contributed by atoms with E-state index in [2.05, 4.69) is 19.9 Å². The zero-order chi connectivity index (χ0) is 13.8. The number of rotatable bonds is 4. The summed E-state index contributed by atoms with van der Waals surface area (Å²) in [5, 5.41) is 9.17. The molecule has 0 radical (unpaired) electrons. The predicted octanol–water partition coefficient (Wildman–Crippen LogP) is 3.51. The molecule has 2 rings (SSSR count). The van der Waals surface area contributed by atoms with Gasteiger partial charge in [-0.1, -0.05) is 18.2 Å². The van der Waals surface area contributed by atoms with E-state index in [0.717, 1.165) is 5.56 Å². The Labute approximate surface area is 112 Å². The van der Waals surface area contributed by atoms with Crippen molar-refractivity contribution < 1.29 is 14.2 Å². The van der Waals surface area contributed by atoms with Gasteiger partial charge in [0.25, 0.3) is 0 Å². The maximum Gasteiger partial charge on any atom is 0.125 e. The molecule has 0 aliphatic carbocycles.